The zero-order chi connectivity index (χ0) is 11.1. The van der Waals surface area contributed by atoms with E-state index in [-0.39, 0.29) is 0 Å². The number of hydrogen-bond acceptors (Lipinski definition) is 1. The number of quaternary nitrogens is 1. The first kappa shape index (κ1) is 12.5. The van der Waals surface area contributed by atoms with E-state index in [1.807, 2.05) is 0 Å². The van der Waals surface area contributed by atoms with Crippen LogP contribution >= 0.6 is 0 Å². The van der Waals surface area contributed by atoms with E-state index in [1.54, 1.807) is 0 Å². The molecule has 0 aromatic carbocycles. The summed E-state index contributed by atoms with van der Waals surface area (Å²) in [6.07, 6.45) is 11.5. The van der Waals surface area contributed by atoms with Crippen molar-refractivity contribution in [3.05, 3.63) is 0 Å². The van der Waals surface area contributed by atoms with Crippen LogP contribution in [0.1, 0.15) is 58.8 Å². The SMILES string of the molecule is CCCCCC[N+]1(C#N)CCCCC1C. The van der Waals surface area contributed by atoms with Gasteiger partial charge in [-0.2, -0.15) is 0 Å². The van der Waals surface area contributed by atoms with Crippen LogP contribution in [0.15, 0.2) is 0 Å². The van der Waals surface area contributed by atoms with Crippen LogP contribution in [-0.4, -0.2) is 23.6 Å². The van der Waals surface area contributed by atoms with Gasteiger partial charge in [-0.3, -0.25) is 0 Å². The number of hydrogen-bond donors (Lipinski definition) is 0. The highest BCUT2D eigenvalue weighted by Crippen LogP contribution is 2.25. The quantitative estimate of drug-likeness (QED) is 0.386. The highest BCUT2D eigenvalue weighted by Gasteiger charge is 2.36. The molecule has 86 valence electrons. The number of rotatable bonds is 5. The van der Waals surface area contributed by atoms with E-state index in [0.29, 0.717) is 6.04 Å². The molecule has 0 aliphatic carbocycles. The molecule has 2 atom stereocenters. The predicted octanol–water partition coefficient (Wildman–Crippen LogP) is 3.44. The average Bonchev–Trinajstić information content (AvgIpc) is 2.27. The zero-order valence-corrected chi connectivity index (χ0v) is 10.3. The van der Waals surface area contributed by atoms with Crippen molar-refractivity contribution in [2.24, 2.45) is 0 Å². The average molecular weight is 209 g/mol. The largest absolute Gasteiger partial charge is 0.308 e. The number of piperidine rings is 1. The minimum Gasteiger partial charge on any atom is -0.221 e. The summed E-state index contributed by atoms with van der Waals surface area (Å²) in [6.45, 7) is 6.65. The summed E-state index contributed by atoms with van der Waals surface area (Å²) in [5.74, 6) is 0. The highest BCUT2D eigenvalue weighted by atomic mass is 15.4. The van der Waals surface area contributed by atoms with Gasteiger partial charge in [-0.15, -0.1) is 5.26 Å². The summed E-state index contributed by atoms with van der Waals surface area (Å²) in [5.41, 5.74) is 0. The Morgan fingerprint density at radius 2 is 2.07 bits per heavy atom. The fourth-order valence-corrected chi connectivity index (χ4v) is 2.65. The number of unbranched alkanes of at least 4 members (excludes halogenated alkanes) is 3. The molecule has 2 heteroatoms. The zero-order valence-electron chi connectivity index (χ0n) is 10.3. The Bertz CT molecular complexity index is 219. The molecule has 0 aromatic heterocycles. The lowest BCUT2D eigenvalue weighted by Gasteiger charge is -2.38. The van der Waals surface area contributed by atoms with Crippen molar-refractivity contribution in [1.29, 1.82) is 5.26 Å². The Labute approximate surface area is 94.5 Å². The summed E-state index contributed by atoms with van der Waals surface area (Å²) in [5, 5.41) is 9.39. The molecule has 2 unspecified atom stereocenters. The fourth-order valence-electron chi connectivity index (χ4n) is 2.65. The Morgan fingerprint density at radius 3 is 2.67 bits per heavy atom. The first-order valence-corrected chi connectivity index (χ1v) is 6.53. The molecule has 2 nitrogen and oxygen atoms in total. The Morgan fingerprint density at radius 1 is 1.27 bits per heavy atom. The topological polar surface area (TPSA) is 23.8 Å². The summed E-state index contributed by atoms with van der Waals surface area (Å²) in [4.78, 5) is 0. The van der Waals surface area contributed by atoms with E-state index < -0.39 is 0 Å². The van der Waals surface area contributed by atoms with Crippen LogP contribution < -0.4 is 0 Å². The van der Waals surface area contributed by atoms with E-state index in [4.69, 9.17) is 0 Å². The molecule has 0 N–H and O–H groups in total. The smallest absolute Gasteiger partial charge is 0.221 e. The molecular weight excluding hydrogens is 184 g/mol. The minimum atomic E-state index is 0.561. The molecule has 1 aliphatic rings. The van der Waals surface area contributed by atoms with Crippen LogP contribution in [0.4, 0.5) is 0 Å². The van der Waals surface area contributed by atoms with E-state index in [1.165, 1.54) is 44.9 Å². The summed E-state index contributed by atoms with van der Waals surface area (Å²) in [6, 6.07) is 0.561. The van der Waals surface area contributed by atoms with Crippen LogP contribution in [0.25, 0.3) is 0 Å². The second-order valence-corrected chi connectivity index (χ2v) is 4.99. The first-order valence-electron chi connectivity index (χ1n) is 6.53. The van der Waals surface area contributed by atoms with Gasteiger partial charge < -0.3 is 0 Å². The number of nitrogens with zero attached hydrogens (tertiary/aromatic N) is 2. The van der Waals surface area contributed by atoms with Crippen molar-refractivity contribution in [3.63, 3.8) is 0 Å². The second kappa shape index (κ2) is 6.12. The molecule has 0 aromatic rings. The van der Waals surface area contributed by atoms with Crippen LogP contribution in [0, 0.1) is 11.5 Å². The maximum Gasteiger partial charge on any atom is 0.308 e. The number of nitriles is 1. The second-order valence-electron chi connectivity index (χ2n) is 4.99. The lowest BCUT2D eigenvalue weighted by atomic mass is 9.99. The summed E-state index contributed by atoms with van der Waals surface area (Å²) in [7, 11) is 0. The molecule has 0 amide bonds. The third-order valence-corrected chi connectivity index (χ3v) is 3.88. The third kappa shape index (κ3) is 3.21. The summed E-state index contributed by atoms with van der Waals surface area (Å²) < 4.78 is 0.726. The standard InChI is InChI=1S/C13H25N2/c1-3-4-5-7-10-15(12-14)11-8-6-9-13(15)2/h13H,3-11H2,1-2H3/q+1. The van der Waals surface area contributed by atoms with E-state index in [2.05, 4.69) is 20.0 Å². The van der Waals surface area contributed by atoms with Crippen molar-refractivity contribution in [2.75, 3.05) is 13.1 Å². The molecular formula is C13H25N2+. The molecule has 1 fully saturated rings. The molecule has 1 rings (SSSR count). The Hall–Kier alpha value is -0.550. The van der Waals surface area contributed by atoms with Crippen molar-refractivity contribution < 1.29 is 4.48 Å². The van der Waals surface area contributed by atoms with Gasteiger partial charge in [0.15, 0.2) is 0 Å². The molecule has 1 aliphatic heterocycles. The maximum absolute atomic E-state index is 9.39. The van der Waals surface area contributed by atoms with Crippen molar-refractivity contribution >= 4 is 0 Å². The number of likely N-dealkylation sites (tertiary alicyclic amines) is 1. The van der Waals surface area contributed by atoms with Crippen molar-refractivity contribution in [1.82, 2.24) is 0 Å². The van der Waals surface area contributed by atoms with Gasteiger partial charge in [-0.25, -0.2) is 4.48 Å². The van der Waals surface area contributed by atoms with Crippen LogP contribution in [0.5, 0.6) is 0 Å². The van der Waals surface area contributed by atoms with Crippen LogP contribution in [0.2, 0.25) is 0 Å². The van der Waals surface area contributed by atoms with Gasteiger partial charge in [0.1, 0.15) is 0 Å². The predicted molar refractivity (Wildman–Crippen MR) is 63.1 cm³/mol. The van der Waals surface area contributed by atoms with Gasteiger partial charge in [-0.05, 0) is 32.6 Å². The van der Waals surface area contributed by atoms with Crippen molar-refractivity contribution in [2.45, 2.75) is 64.8 Å². The van der Waals surface area contributed by atoms with Gasteiger partial charge in [0.25, 0.3) is 0 Å². The summed E-state index contributed by atoms with van der Waals surface area (Å²) >= 11 is 0. The highest BCUT2D eigenvalue weighted by molar-refractivity contribution is 4.70. The first-order chi connectivity index (χ1) is 7.25. The van der Waals surface area contributed by atoms with Crippen LogP contribution in [-0.2, 0) is 0 Å². The molecule has 15 heavy (non-hydrogen) atoms. The van der Waals surface area contributed by atoms with E-state index in [9.17, 15) is 5.26 Å². The molecule has 0 spiro atoms. The van der Waals surface area contributed by atoms with Gasteiger partial charge in [-0.1, -0.05) is 19.8 Å². The fraction of sp³-hybridized carbons (Fsp3) is 0.923. The van der Waals surface area contributed by atoms with E-state index in [0.717, 1.165) is 17.6 Å². The van der Waals surface area contributed by atoms with Gasteiger partial charge in [0, 0.05) is 6.42 Å². The molecule has 0 radical (unpaired) electrons. The molecule has 1 heterocycles. The molecule has 0 bridgehead atoms. The normalized spacial score (nSPS) is 31.1. The minimum absolute atomic E-state index is 0.561. The molecule has 1 saturated heterocycles. The van der Waals surface area contributed by atoms with Crippen LogP contribution in [0.3, 0.4) is 0 Å². The lowest BCUT2D eigenvalue weighted by molar-refractivity contribution is -0.894. The monoisotopic (exact) mass is 209 g/mol. The van der Waals surface area contributed by atoms with Gasteiger partial charge in [0.2, 0.25) is 0 Å². The Balaban J connectivity index is 2.41. The lowest BCUT2D eigenvalue weighted by Crippen LogP contribution is -2.53. The van der Waals surface area contributed by atoms with Gasteiger partial charge in [0.05, 0.1) is 19.1 Å². The Kier molecular flexibility index (Phi) is 5.11. The molecule has 0 saturated carbocycles. The van der Waals surface area contributed by atoms with Gasteiger partial charge >= 0.3 is 6.19 Å². The van der Waals surface area contributed by atoms with E-state index >= 15 is 0 Å². The maximum atomic E-state index is 9.39. The third-order valence-electron chi connectivity index (χ3n) is 3.88. The van der Waals surface area contributed by atoms with Crippen molar-refractivity contribution in [3.8, 4) is 6.19 Å².